The van der Waals surface area contributed by atoms with Crippen molar-refractivity contribution in [1.29, 1.82) is 0 Å². The average Bonchev–Trinajstić information content (AvgIpc) is 3.30. The molecule has 2 heterocycles. The van der Waals surface area contributed by atoms with Gasteiger partial charge in [0.25, 0.3) is 0 Å². The summed E-state index contributed by atoms with van der Waals surface area (Å²) in [6.45, 7) is 4.11. The molecule has 0 radical (unpaired) electrons. The van der Waals surface area contributed by atoms with Crippen LogP contribution in [0.1, 0.15) is 39.0 Å². The predicted molar refractivity (Wildman–Crippen MR) is 123 cm³/mol. The first-order chi connectivity index (χ1) is 16.0. The van der Waals surface area contributed by atoms with Crippen molar-refractivity contribution >= 4 is 28.8 Å². The van der Waals surface area contributed by atoms with Gasteiger partial charge in [0.15, 0.2) is 5.76 Å². The zero-order valence-corrected chi connectivity index (χ0v) is 18.1. The van der Waals surface area contributed by atoms with E-state index in [0.29, 0.717) is 46.0 Å². The van der Waals surface area contributed by atoms with Crippen LogP contribution in [0.4, 0.5) is 0 Å². The Morgan fingerprint density at radius 1 is 1.00 bits per heavy atom. The van der Waals surface area contributed by atoms with E-state index in [2.05, 4.69) is 0 Å². The number of fused-ring (bicyclic) bond motifs is 2. The van der Waals surface area contributed by atoms with E-state index in [1.54, 1.807) is 49.4 Å². The molecule has 164 valence electrons. The molecule has 5 rings (SSSR count). The third kappa shape index (κ3) is 3.87. The maximum absolute atomic E-state index is 13.0. The van der Waals surface area contributed by atoms with Crippen molar-refractivity contribution in [2.45, 2.75) is 13.8 Å². The van der Waals surface area contributed by atoms with Crippen LogP contribution in [-0.4, -0.2) is 18.4 Å². The Bertz CT molecular complexity index is 1410. The van der Waals surface area contributed by atoms with Gasteiger partial charge in [0, 0.05) is 11.5 Å². The Hall–Kier alpha value is -4.32. The summed E-state index contributed by atoms with van der Waals surface area (Å²) in [5, 5.41) is 0.615. The third-order valence-electron chi connectivity index (χ3n) is 5.30. The number of hydrogen-bond donors (Lipinski definition) is 0. The van der Waals surface area contributed by atoms with Gasteiger partial charge in [-0.05, 0) is 55.8 Å². The van der Waals surface area contributed by atoms with Gasteiger partial charge in [-0.2, -0.15) is 0 Å². The molecule has 1 aliphatic rings. The number of carbonyl (C=O) groups is 2. The second-order valence-electron chi connectivity index (χ2n) is 7.52. The molecule has 0 aliphatic carbocycles. The number of aryl methyl sites for hydroxylation is 1. The number of benzene rings is 3. The highest BCUT2D eigenvalue weighted by atomic mass is 16.5. The van der Waals surface area contributed by atoms with E-state index in [0.717, 1.165) is 5.56 Å². The van der Waals surface area contributed by atoms with Gasteiger partial charge in [0.05, 0.1) is 12.2 Å². The van der Waals surface area contributed by atoms with Gasteiger partial charge in [-0.1, -0.05) is 30.3 Å². The van der Waals surface area contributed by atoms with Gasteiger partial charge in [-0.3, -0.25) is 4.79 Å². The maximum Gasteiger partial charge on any atom is 0.347 e. The summed E-state index contributed by atoms with van der Waals surface area (Å²) < 4.78 is 22.6. The average molecular weight is 440 g/mol. The van der Waals surface area contributed by atoms with Crippen LogP contribution in [0.25, 0.3) is 17.0 Å². The van der Waals surface area contributed by atoms with Crippen molar-refractivity contribution in [3.8, 4) is 17.2 Å². The van der Waals surface area contributed by atoms with E-state index in [1.165, 1.54) is 0 Å². The Labute approximate surface area is 190 Å². The Kier molecular flexibility index (Phi) is 5.18. The van der Waals surface area contributed by atoms with E-state index in [4.69, 9.17) is 18.6 Å². The summed E-state index contributed by atoms with van der Waals surface area (Å²) in [5.41, 5.74) is 2.17. The lowest BCUT2D eigenvalue weighted by Crippen LogP contribution is -2.09. The summed E-state index contributed by atoms with van der Waals surface area (Å²) in [7, 11) is 0. The summed E-state index contributed by atoms with van der Waals surface area (Å²) >= 11 is 0. The number of furan rings is 1. The number of ether oxygens (including phenoxy) is 3. The van der Waals surface area contributed by atoms with Crippen LogP contribution < -0.4 is 14.2 Å². The minimum atomic E-state index is -0.566. The smallest absolute Gasteiger partial charge is 0.347 e. The van der Waals surface area contributed by atoms with Gasteiger partial charge in [-0.25, -0.2) is 4.79 Å². The molecule has 3 aromatic carbocycles. The molecular weight excluding hydrogens is 420 g/mol. The highest BCUT2D eigenvalue weighted by Gasteiger charge is 2.28. The summed E-state index contributed by atoms with van der Waals surface area (Å²) in [5.74, 6) is 1.14. The van der Waals surface area contributed by atoms with Crippen molar-refractivity contribution in [1.82, 2.24) is 0 Å². The molecule has 0 saturated heterocycles. The molecule has 33 heavy (non-hydrogen) atoms. The lowest BCUT2D eigenvalue weighted by Gasteiger charge is -2.06. The van der Waals surface area contributed by atoms with E-state index in [1.807, 2.05) is 37.3 Å². The normalized spacial score (nSPS) is 13.8. The first-order valence-corrected chi connectivity index (χ1v) is 10.5. The topological polar surface area (TPSA) is 75.0 Å². The zero-order chi connectivity index (χ0) is 22.9. The molecule has 1 aliphatic heterocycles. The van der Waals surface area contributed by atoms with Crippen LogP contribution in [0.2, 0.25) is 0 Å². The summed E-state index contributed by atoms with van der Waals surface area (Å²) in [6.07, 6.45) is 1.69. The number of hydrogen-bond acceptors (Lipinski definition) is 6. The van der Waals surface area contributed by atoms with Crippen LogP contribution in [0, 0.1) is 6.92 Å². The minimum absolute atomic E-state index is 0.216. The first kappa shape index (κ1) is 20.6. The number of allylic oxidation sites excluding steroid dienone is 1. The highest BCUT2D eigenvalue weighted by molar-refractivity contribution is 6.14. The maximum atomic E-state index is 13.0. The third-order valence-corrected chi connectivity index (χ3v) is 5.30. The fourth-order valence-corrected chi connectivity index (χ4v) is 3.80. The second kappa shape index (κ2) is 8.31. The van der Waals surface area contributed by atoms with E-state index in [-0.39, 0.29) is 17.3 Å². The van der Waals surface area contributed by atoms with Gasteiger partial charge in [-0.15, -0.1) is 0 Å². The van der Waals surface area contributed by atoms with Crippen LogP contribution >= 0.6 is 0 Å². The number of esters is 1. The Balaban J connectivity index is 1.41. The molecule has 0 unspecified atom stereocenters. The standard InChI is InChI=1S/C27H20O6/c1-3-30-18-10-12-22-21(14-18)25(16(2)31-22)27(29)32-19-9-11-20-23(15-19)33-24(26(20)28)13-17-7-5-4-6-8-17/h4-15H,3H2,1-2H3/b24-13-. The van der Waals surface area contributed by atoms with Crippen molar-refractivity contribution in [2.24, 2.45) is 0 Å². The Morgan fingerprint density at radius 2 is 1.79 bits per heavy atom. The van der Waals surface area contributed by atoms with E-state index >= 15 is 0 Å². The lowest BCUT2D eigenvalue weighted by atomic mass is 10.1. The molecule has 1 aromatic heterocycles. The lowest BCUT2D eigenvalue weighted by molar-refractivity contribution is 0.0734. The molecule has 0 atom stereocenters. The van der Waals surface area contributed by atoms with Gasteiger partial charge < -0.3 is 18.6 Å². The highest BCUT2D eigenvalue weighted by Crippen LogP contribution is 2.36. The molecule has 0 spiro atoms. The molecule has 6 nitrogen and oxygen atoms in total. The fourth-order valence-electron chi connectivity index (χ4n) is 3.80. The number of carbonyl (C=O) groups excluding carboxylic acids is 2. The number of Topliss-reactive ketones (excluding diaryl/α,β-unsaturated/α-hetero) is 1. The molecule has 6 heteroatoms. The largest absolute Gasteiger partial charge is 0.494 e. The van der Waals surface area contributed by atoms with Crippen molar-refractivity contribution < 1.29 is 28.2 Å². The predicted octanol–water partition coefficient (Wildman–Crippen LogP) is 5.98. The Morgan fingerprint density at radius 3 is 2.58 bits per heavy atom. The van der Waals surface area contributed by atoms with Gasteiger partial charge in [0.1, 0.15) is 34.2 Å². The van der Waals surface area contributed by atoms with Crippen molar-refractivity contribution in [3.63, 3.8) is 0 Å². The molecule has 0 amide bonds. The van der Waals surface area contributed by atoms with Crippen LogP contribution in [-0.2, 0) is 0 Å². The monoisotopic (exact) mass is 440 g/mol. The molecule has 0 fully saturated rings. The van der Waals surface area contributed by atoms with Crippen molar-refractivity contribution in [3.05, 3.63) is 94.9 Å². The van der Waals surface area contributed by atoms with Crippen LogP contribution in [0.3, 0.4) is 0 Å². The number of rotatable bonds is 5. The number of ketones is 1. The molecule has 0 N–H and O–H groups in total. The van der Waals surface area contributed by atoms with Crippen LogP contribution in [0.15, 0.2) is 76.9 Å². The van der Waals surface area contributed by atoms with E-state index < -0.39 is 5.97 Å². The quantitative estimate of drug-likeness (QED) is 0.216. The van der Waals surface area contributed by atoms with Crippen LogP contribution in [0.5, 0.6) is 17.2 Å². The fraction of sp³-hybridized carbons (Fsp3) is 0.111. The zero-order valence-electron chi connectivity index (χ0n) is 18.1. The molecule has 4 aromatic rings. The van der Waals surface area contributed by atoms with Crippen molar-refractivity contribution in [2.75, 3.05) is 6.61 Å². The summed E-state index contributed by atoms with van der Waals surface area (Å²) in [6, 6.07) is 19.5. The second-order valence-corrected chi connectivity index (χ2v) is 7.52. The molecule has 0 saturated carbocycles. The first-order valence-electron chi connectivity index (χ1n) is 10.5. The molecular formula is C27H20O6. The van der Waals surface area contributed by atoms with Gasteiger partial charge in [0.2, 0.25) is 5.78 Å². The van der Waals surface area contributed by atoms with E-state index in [9.17, 15) is 9.59 Å². The minimum Gasteiger partial charge on any atom is -0.494 e. The molecule has 0 bridgehead atoms. The summed E-state index contributed by atoms with van der Waals surface area (Å²) in [4.78, 5) is 25.7. The SMILES string of the molecule is CCOc1ccc2oc(C)c(C(=O)Oc3ccc4c(c3)O/C(=C\c3ccccc3)C4=O)c2c1. The van der Waals surface area contributed by atoms with Gasteiger partial charge >= 0.3 is 5.97 Å².